The van der Waals surface area contributed by atoms with Crippen LogP contribution in [0.3, 0.4) is 0 Å². The SMILES string of the molecule is N#C/C(=C/c1ccc(OCc2ccc(C(=O)O)cc2)c(I)c1)C(=O)Nc1ccc(Cl)cc1. The molecule has 0 heterocycles. The molecule has 0 aliphatic carbocycles. The Bertz CT molecular complexity index is 1220. The number of aromatic carboxylic acids is 1. The van der Waals surface area contributed by atoms with Gasteiger partial charge in [0.2, 0.25) is 0 Å². The van der Waals surface area contributed by atoms with Crippen molar-refractivity contribution in [2.24, 2.45) is 0 Å². The van der Waals surface area contributed by atoms with E-state index in [2.05, 4.69) is 27.9 Å². The highest BCUT2D eigenvalue weighted by atomic mass is 127. The molecule has 0 aliphatic heterocycles. The molecule has 0 spiro atoms. The summed E-state index contributed by atoms with van der Waals surface area (Å²) in [6, 6.07) is 20.3. The molecular formula is C24H16ClIN2O4. The molecule has 32 heavy (non-hydrogen) atoms. The average molecular weight is 559 g/mol. The van der Waals surface area contributed by atoms with Crippen molar-refractivity contribution in [3.8, 4) is 11.8 Å². The molecule has 0 saturated heterocycles. The van der Waals surface area contributed by atoms with Gasteiger partial charge in [0.15, 0.2) is 0 Å². The van der Waals surface area contributed by atoms with Crippen molar-refractivity contribution in [1.82, 2.24) is 0 Å². The molecule has 1 amide bonds. The number of carboxylic acids is 1. The molecule has 0 aromatic heterocycles. The Morgan fingerprint density at radius 2 is 1.78 bits per heavy atom. The van der Waals surface area contributed by atoms with E-state index in [0.717, 1.165) is 9.13 Å². The van der Waals surface area contributed by atoms with E-state index < -0.39 is 11.9 Å². The Hall–Kier alpha value is -3.35. The molecule has 8 heteroatoms. The highest BCUT2D eigenvalue weighted by Crippen LogP contribution is 2.25. The number of nitrogens with one attached hydrogen (secondary N) is 1. The lowest BCUT2D eigenvalue weighted by Gasteiger charge is -2.10. The van der Waals surface area contributed by atoms with Crippen LogP contribution in [0.25, 0.3) is 6.08 Å². The van der Waals surface area contributed by atoms with E-state index in [-0.39, 0.29) is 17.7 Å². The summed E-state index contributed by atoms with van der Waals surface area (Å²) in [5.74, 6) is -0.863. The number of anilines is 1. The Kier molecular flexibility index (Phi) is 7.87. The predicted octanol–water partition coefficient (Wildman–Crippen LogP) is 5.77. The number of benzene rings is 3. The number of carbonyl (C=O) groups excluding carboxylic acids is 1. The minimum Gasteiger partial charge on any atom is -0.488 e. The standard InChI is InChI=1S/C24H16ClIN2O4/c25-19-6-8-20(9-7-19)28-23(29)18(13-27)11-16-3-10-22(21(26)12-16)32-14-15-1-4-17(5-2-15)24(30)31/h1-12H,14H2,(H,28,29)(H,30,31)/b18-11-. The summed E-state index contributed by atoms with van der Waals surface area (Å²) in [6.07, 6.45) is 1.50. The van der Waals surface area contributed by atoms with Crippen LogP contribution in [0.15, 0.2) is 72.3 Å². The molecule has 3 aromatic rings. The normalized spacial score (nSPS) is 10.8. The quantitative estimate of drug-likeness (QED) is 0.218. The third-order valence-electron chi connectivity index (χ3n) is 4.33. The number of amides is 1. The van der Waals surface area contributed by atoms with Gasteiger partial charge in [-0.15, -0.1) is 0 Å². The van der Waals surface area contributed by atoms with E-state index in [1.807, 2.05) is 6.07 Å². The summed E-state index contributed by atoms with van der Waals surface area (Å²) in [6.45, 7) is 0.276. The summed E-state index contributed by atoms with van der Waals surface area (Å²) in [5, 5.41) is 21.6. The van der Waals surface area contributed by atoms with Crippen LogP contribution in [0, 0.1) is 14.9 Å². The van der Waals surface area contributed by atoms with E-state index in [4.69, 9.17) is 21.4 Å². The Balaban J connectivity index is 1.67. The number of nitriles is 1. The van der Waals surface area contributed by atoms with Crippen LogP contribution in [0.4, 0.5) is 5.69 Å². The van der Waals surface area contributed by atoms with E-state index in [0.29, 0.717) is 22.0 Å². The summed E-state index contributed by atoms with van der Waals surface area (Å²) < 4.78 is 6.61. The van der Waals surface area contributed by atoms with Gasteiger partial charge < -0.3 is 15.2 Å². The molecule has 0 unspecified atom stereocenters. The Labute approximate surface area is 203 Å². The van der Waals surface area contributed by atoms with Crippen molar-refractivity contribution in [2.75, 3.05) is 5.32 Å². The maximum Gasteiger partial charge on any atom is 0.335 e. The second-order valence-electron chi connectivity index (χ2n) is 6.61. The first-order chi connectivity index (χ1) is 15.4. The topological polar surface area (TPSA) is 99.4 Å². The lowest BCUT2D eigenvalue weighted by molar-refractivity contribution is -0.112. The number of nitrogens with zero attached hydrogens (tertiary/aromatic N) is 1. The maximum atomic E-state index is 12.4. The van der Waals surface area contributed by atoms with Gasteiger partial charge in [-0.25, -0.2) is 4.79 Å². The minimum absolute atomic E-state index is 0.0389. The first kappa shape index (κ1) is 23.3. The van der Waals surface area contributed by atoms with E-state index >= 15 is 0 Å². The number of halogens is 2. The van der Waals surface area contributed by atoms with Gasteiger partial charge in [0.25, 0.3) is 5.91 Å². The third-order valence-corrected chi connectivity index (χ3v) is 5.42. The van der Waals surface area contributed by atoms with E-state index in [1.165, 1.54) is 18.2 Å². The number of rotatable bonds is 7. The van der Waals surface area contributed by atoms with Gasteiger partial charge in [0.05, 0.1) is 9.13 Å². The Morgan fingerprint density at radius 1 is 1.09 bits per heavy atom. The molecule has 0 saturated carbocycles. The summed E-state index contributed by atoms with van der Waals surface area (Å²) >= 11 is 7.95. The lowest BCUT2D eigenvalue weighted by atomic mass is 10.1. The highest BCUT2D eigenvalue weighted by Gasteiger charge is 2.11. The average Bonchev–Trinajstić information content (AvgIpc) is 2.78. The molecule has 0 atom stereocenters. The van der Waals surface area contributed by atoms with Crippen LogP contribution in [0.5, 0.6) is 5.75 Å². The number of hydrogen-bond acceptors (Lipinski definition) is 4. The van der Waals surface area contributed by atoms with Crippen LogP contribution in [-0.2, 0) is 11.4 Å². The van der Waals surface area contributed by atoms with Crippen molar-refractivity contribution >= 4 is 57.8 Å². The second-order valence-corrected chi connectivity index (χ2v) is 8.21. The van der Waals surface area contributed by atoms with Crippen LogP contribution >= 0.6 is 34.2 Å². The van der Waals surface area contributed by atoms with Gasteiger partial charge in [-0.3, -0.25) is 4.79 Å². The van der Waals surface area contributed by atoms with Gasteiger partial charge in [0.1, 0.15) is 24.0 Å². The van der Waals surface area contributed by atoms with Gasteiger partial charge in [0, 0.05) is 10.7 Å². The van der Waals surface area contributed by atoms with Gasteiger partial charge in [-0.2, -0.15) is 5.26 Å². The van der Waals surface area contributed by atoms with Crippen molar-refractivity contribution < 1.29 is 19.4 Å². The van der Waals surface area contributed by atoms with Crippen LogP contribution in [0.1, 0.15) is 21.5 Å². The molecule has 0 radical (unpaired) electrons. The molecule has 0 bridgehead atoms. The summed E-state index contributed by atoms with van der Waals surface area (Å²) in [5.41, 5.74) is 2.22. The van der Waals surface area contributed by atoms with E-state index in [9.17, 15) is 14.9 Å². The Morgan fingerprint density at radius 3 is 2.38 bits per heavy atom. The number of carbonyl (C=O) groups is 2. The van der Waals surface area contributed by atoms with Crippen LogP contribution in [0.2, 0.25) is 5.02 Å². The summed E-state index contributed by atoms with van der Waals surface area (Å²) in [4.78, 5) is 23.3. The fourth-order valence-electron chi connectivity index (χ4n) is 2.68. The highest BCUT2D eigenvalue weighted by molar-refractivity contribution is 14.1. The molecule has 3 rings (SSSR count). The smallest absolute Gasteiger partial charge is 0.335 e. The van der Waals surface area contributed by atoms with Crippen molar-refractivity contribution in [3.05, 3.63) is 97.6 Å². The molecule has 6 nitrogen and oxygen atoms in total. The molecule has 2 N–H and O–H groups in total. The van der Waals surface area contributed by atoms with Crippen LogP contribution in [-0.4, -0.2) is 17.0 Å². The minimum atomic E-state index is -0.978. The first-order valence-electron chi connectivity index (χ1n) is 9.29. The monoisotopic (exact) mass is 558 g/mol. The molecule has 160 valence electrons. The van der Waals surface area contributed by atoms with Gasteiger partial charge in [-0.05, 0) is 88.3 Å². The number of ether oxygens (including phenoxy) is 1. The fourth-order valence-corrected chi connectivity index (χ4v) is 3.50. The van der Waals surface area contributed by atoms with E-state index in [1.54, 1.807) is 54.6 Å². The number of hydrogen-bond donors (Lipinski definition) is 2. The fraction of sp³-hybridized carbons (Fsp3) is 0.0417. The first-order valence-corrected chi connectivity index (χ1v) is 10.7. The number of carboxylic acid groups (broad SMARTS) is 1. The van der Waals surface area contributed by atoms with Gasteiger partial charge >= 0.3 is 5.97 Å². The zero-order valence-electron chi connectivity index (χ0n) is 16.5. The third kappa shape index (κ3) is 6.33. The molecular weight excluding hydrogens is 543 g/mol. The maximum absolute atomic E-state index is 12.4. The zero-order chi connectivity index (χ0) is 23.1. The predicted molar refractivity (Wildman–Crippen MR) is 131 cm³/mol. The molecule has 0 aliphatic rings. The lowest BCUT2D eigenvalue weighted by Crippen LogP contribution is -2.13. The van der Waals surface area contributed by atoms with Gasteiger partial charge in [-0.1, -0.05) is 29.8 Å². The van der Waals surface area contributed by atoms with Crippen LogP contribution < -0.4 is 10.1 Å². The largest absolute Gasteiger partial charge is 0.488 e. The summed E-state index contributed by atoms with van der Waals surface area (Å²) in [7, 11) is 0. The van der Waals surface area contributed by atoms with Crippen molar-refractivity contribution in [1.29, 1.82) is 5.26 Å². The van der Waals surface area contributed by atoms with Crippen molar-refractivity contribution in [3.63, 3.8) is 0 Å². The van der Waals surface area contributed by atoms with Crippen molar-refractivity contribution in [2.45, 2.75) is 6.61 Å². The zero-order valence-corrected chi connectivity index (χ0v) is 19.4. The molecule has 3 aromatic carbocycles. The second kappa shape index (κ2) is 10.8. The molecule has 0 fully saturated rings.